The van der Waals surface area contributed by atoms with E-state index in [1.165, 1.54) is 5.69 Å². The Hall–Kier alpha value is -3.74. The van der Waals surface area contributed by atoms with E-state index in [-0.39, 0.29) is 0 Å². The van der Waals surface area contributed by atoms with E-state index >= 15 is 0 Å². The fraction of sp³-hybridized carbons (Fsp3) is 0.241. The molecular formula is C29H32N6. The van der Waals surface area contributed by atoms with Gasteiger partial charge in [-0.1, -0.05) is 49.6 Å². The van der Waals surface area contributed by atoms with Gasteiger partial charge in [0.2, 0.25) is 0 Å². The molecule has 1 aliphatic rings. The molecule has 3 heterocycles. The fourth-order valence-corrected chi connectivity index (χ4v) is 5.24. The van der Waals surface area contributed by atoms with Gasteiger partial charge in [0.1, 0.15) is 0 Å². The molecule has 6 heteroatoms. The molecule has 1 fully saturated rings. The zero-order valence-electron chi connectivity index (χ0n) is 20.4. The SMILES string of the molecule is C=Cc1c(CN)ccc(-c2cnn3cc(-c4ccc(N5C(C)CNCC5C)cc4)cnc23)c1C=C. The van der Waals surface area contributed by atoms with Gasteiger partial charge >= 0.3 is 0 Å². The maximum Gasteiger partial charge on any atom is 0.162 e. The van der Waals surface area contributed by atoms with Gasteiger partial charge in [-0.25, -0.2) is 9.50 Å². The van der Waals surface area contributed by atoms with Crippen LogP contribution in [0, 0.1) is 0 Å². The maximum atomic E-state index is 5.93. The number of nitrogens with one attached hydrogen (secondary N) is 1. The van der Waals surface area contributed by atoms with Crippen LogP contribution in [-0.2, 0) is 6.54 Å². The summed E-state index contributed by atoms with van der Waals surface area (Å²) >= 11 is 0. The van der Waals surface area contributed by atoms with Gasteiger partial charge in [-0.15, -0.1) is 0 Å². The standard InChI is InChI=1S/C29H32N6/c1-5-25-22(13-30)9-12-27(26(25)6-2)28-17-33-34-18-23(16-32-29(28)34)21-7-10-24(11-8-21)35-19(3)14-31-15-20(35)4/h5-12,16-20,31H,1-2,13-15,30H2,3-4H3. The number of piperazine rings is 1. The summed E-state index contributed by atoms with van der Waals surface area (Å²) in [6.45, 7) is 15.0. The van der Waals surface area contributed by atoms with Crippen LogP contribution >= 0.6 is 0 Å². The van der Waals surface area contributed by atoms with Crippen molar-refractivity contribution in [3.05, 3.63) is 84.8 Å². The summed E-state index contributed by atoms with van der Waals surface area (Å²) in [6.07, 6.45) is 9.51. The Morgan fingerprint density at radius 1 is 0.943 bits per heavy atom. The lowest BCUT2D eigenvalue weighted by molar-refractivity contribution is 0.432. The molecule has 2 atom stereocenters. The minimum atomic E-state index is 0.449. The van der Waals surface area contributed by atoms with Crippen molar-refractivity contribution in [3.63, 3.8) is 0 Å². The number of benzene rings is 2. The van der Waals surface area contributed by atoms with E-state index in [9.17, 15) is 0 Å². The van der Waals surface area contributed by atoms with Gasteiger partial charge in [-0.2, -0.15) is 5.10 Å². The summed E-state index contributed by atoms with van der Waals surface area (Å²) in [7, 11) is 0. The van der Waals surface area contributed by atoms with E-state index in [4.69, 9.17) is 10.7 Å². The number of rotatable bonds is 6. The lowest BCUT2D eigenvalue weighted by Crippen LogP contribution is -2.55. The molecule has 4 aromatic rings. The van der Waals surface area contributed by atoms with Crippen LogP contribution in [0.1, 0.15) is 30.5 Å². The zero-order chi connectivity index (χ0) is 24.5. The van der Waals surface area contributed by atoms with Gasteiger partial charge in [0.05, 0.1) is 6.20 Å². The second kappa shape index (κ2) is 9.49. The summed E-state index contributed by atoms with van der Waals surface area (Å²) in [5, 5.41) is 8.12. The lowest BCUT2D eigenvalue weighted by atomic mass is 9.93. The highest BCUT2D eigenvalue weighted by Crippen LogP contribution is 2.33. The first kappa shape index (κ1) is 23.0. The average Bonchev–Trinajstić information content (AvgIpc) is 3.31. The normalized spacial score (nSPS) is 18.1. The highest BCUT2D eigenvalue weighted by Gasteiger charge is 2.24. The summed E-state index contributed by atoms with van der Waals surface area (Å²) in [5.74, 6) is 0. The predicted octanol–water partition coefficient (Wildman–Crippen LogP) is 4.99. The van der Waals surface area contributed by atoms with Crippen LogP contribution in [0.5, 0.6) is 0 Å². The number of nitrogens with two attached hydrogens (primary N) is 1. The summed E-state index contributed by atoms with van der Waals surface area (Å²) < 4.78 is 1.84. The van der Waals surface area contributed by atoms with Gasteiger partial charge in [-0.05, 0) is 53.8 Å². The van der Waals surface area contributed by atoms with Gasteiger partial charge < -0.3 is 16.0 Å². The molecule has 0 bridgehead atoms. The molecule has 6 nitrogen and oxygen atoms in total. The minimum Gasteiger partial charge on any atom is -0.364 e. The van der Waals surface area contributed by atoms with E-state index in [0.29, 0.717) is 18.6 Å². The smallest absolute Gasteiger partial charge is 0.162 e. The summed E-state index contributed by atoms with van der Waals surface area (Å²) in [5.41, 5.74) is 15.1. The molecule has 3 N–H and O–H groups in total. The molecule has 2 unspecified atom stereocenters. The van der Waals surface area contributed by atoms with E-state index in [1.807, 2.05) is 41.3 Å². The van der Waals surface area contributed by atoms with E-state index < -0.39 is 0 Å². The van der Waals surface area contributed by atoms with Crippen molar-refractivity contribution in [2.45, 2.75) is 32.5 Å². The van der Waals surface area contributed by atoms with E-state index in [0.717, 1.165) is 57.7 Å². The molecule has 0 amide bonds. The van der Waals surface area contributed by atoms with E-state index in [1.54, 1.807) is 0 Å². The Bertz CT molecular complexity index is 1370. The van der Waals surface area contributed by atoms with Crippen molar-refractivity contribution < 1.29 is 0 Å². The Morgan fingerprint density at radius 3 is 2.31 bits per heavy atom. The van der Waals surface area contributed by atoms with Crippen molar-refractivity contribution in [3.8, 4) is 22.3 Å². The van der Waals surface area contributed by atoms with Crippen LogP contribution in [0.4, 0.5) is 5.69 Å². The Kier molecular flexibility index (Phi) is 6.24. The molecule has 35 heavy (non-hydrogen) atoms. The van der Waals surface area contributed by atoms with Crippen LogP contribution in [-0.4, -0.2) is 39.8 Å². The first-order chi connectivity index (χ1) is 17.0. The van der Waals surface area contributed by atoms with Crippen molar-refractivity contribution in [2.24, 2.45) is 5.73 Å². The molecular weight excluding hydrogens is 432 g/mol. The summed E-state index contributed by atoms with van der Waals surface area (Å²) in [6, 6.07) is 13.8. The third-order valence-electron chi connectivity index (χ3n) is 6.98. The second-order valence-electron chi connectivity index (χ2n) is 9.19. The number of fused-ring (bicyclic) bond motifs is 1. The maximum absolute atomic E-state index is 5.93. The molecule has 2 aromatic heterocycles. The molecule has 0 saturated carbocycles. The third-order valence-corrected chi connectivity index (χ3v) is 6.98. The first-order valence-corrected chi connectivity index (χ1v) is 12.1. The number of aromatic nitrogens is 3. The molecule has 1 saturated heterocycles. The molecule has 0 spiro atoms. The predicted molar refractivity (Wildman–Crippen MR) is 146 cm³/mol. The monoisotopic (exact) mass is 464 g/mol. The van der Waals surface area contributed by atoms with Gasteiger partial charge in [-0.3, -0.25) is 0 Å². The summed E-state index contributed by atoms with van der Waals surface area (Å²) in [4.78, 5) is 7.29. The van der Waals surface area contributed by atoms with Crippen LogP contribution in [0.2, 0.25) is 0 Å². The minimum absolute atomic E-state index is 0.449. The lowest BCUT2D eigenvalue weighted by Gasteiger charge is -2.41. The van der Waals surface area contributed by atoms with Gasteiger partial charge in [0, 0.05) is 60.9 Å². The Morgan fingerprint density at radius 2 is 1.66 bits per heavy atom. The van der Waals surface area contributed by atoms with Crippen molar-refractivity contribution in [1.82, 2.24) is 19.9 Å². The molecule has 178 valence electrons. The quantitative estimate of drug-likeness (QED) is 0.420. The number of anilines is 1. The average molecular weight is 465 g/mol. The second-order valence-corrected chi connectivity index (χ2v) is 9.19. The van der Waals surface area contributed by atoms with E-state index in [2.05, 4.69) is 72.7 Å². The molecule has 1 aliphatic heterocycles. The number of hydrogen-bond donors (Lipinski definition) is 2. The largest absolute Gasteiger partial charge is 0.364 e. The molecule has 0 radical (unpaired) electrons. The molecule has 2 aromatic carbocycles. The Labute approximate surface area is 206 Å². The van der Waals surface area contributed by atoms with Crippen molar-refractivity contribution >= 4 is 23.5 Å². The van der Waals surface area contributed by atoms with Crippen LogP contribution in [0.15, 0.2) is 68.1 Å². The topological polar surface area (TPSA) is 71.5 Å². The highest BCUT2D eigenvalue weighted by atomic mass is 15.2. The highest BCUT2D eigenvalue weighted by molar-refractivity contribution is 5.87. The van der Waals surface area contributed by atoms with Crippen LogP contribution in [0.3, 0.4) is 0 Å². The molecule has 0 aliphatic carbocycles. The fourth-order valence-electron chi connectivity index (χ4n) is 5.24. The van der Waals surface area contributed by atoms with Gasteiger partial charge in [0.25, 0.3) is 0 Å². The molecule has 5 rings (SSSR count). The third kappa shape index (κ3) is 4.05. The van der Waals surface area contributed by atoms with Crippen molar-refractivity contribution in [2.75, 3.05) is 18.0 Å². The van der Waals surface area contributed by atoms with Gasteiger partial charge in [0.15, 0.2) is 5.65 Å². The zero-order valence-corrected chi connectivity index (χ0v) is 20.4. The van der Waals surface area contributed by atoms with Crippen LogP contribution in [0.25, 0.3) is 40.1 Å². The number of hydrogen-bond acceptors (Lipinski definition) is 5. The van der Waals surface area contributed by atoms with Crippen LogP contribution < -0.4 is 16.0 Å². The van der Waals surface area contributed by atoms with Crippen molar-refractivity contribution in [1.29, 1.82) is 0 Å². The Balaban J connectivity index is 1.49. The first-order valence-electron chi connectivity index (χ1n) is 12.1. The number of nitrogens with zero attached hydrogens (tertiary/aromatic N) is 4.